The monoisotopic (exact) mass is 287 g/mol. The minimum Gasteiger partial charge on any atom is -0.340 e. The number of hydrogen-bond acceptors (Lipinski definition) is 7. The van der Waals surface area contributed by atoms with Crippen molar-refractivity contribution >= 4 is 0 Å². The van der Waals surface area contributed by atoms with Gasteiger partial charge in [-0.15, -0.1) is 0 Å². The maximum Gasteiger partial charge on any atom is 0.258 e. The Hall–Kier alpha value is -2.77. The molecule has 21 heavy (non-hydrogen) atoms. The Kier molecular flexibility index (Phi) is 3.35. The molecule has 3 rings (SSSR count). The molecule has 0 amide bonds. The number of nitrogens with zero attached hydrogens (tertiary/aromatic N) is 4. The zero-order valence-corrected chi connectivity index (χ0v) is 11.6. The average Bonchev–Trinajstić information content (AvgIpc) is 3.08. The summed E-state index contributed by atoms with van der Waals surface area (Å²) in [5, 5.41) is 7.63. The summed E-state index contributed by atoms with van der Waals surface area (Å²) in [6.45, 7) is 3.66. The maximum atomic E-state index is 11.6. The Bertz CT molecular complexity index is 817. The van der Waals surface area contributed by atoms with Crippen LogP contribution in [0.3, 0.4) is 0 Å². The van der Waals surface area contributed by atoms with Gasteiger partial charge in [0, 0.05) is 24.2 Å². The zero-order chi connectivity index (χ0) is 14.8. The second-order valence-corrected chi connectivity index (χ2v) is 4.53. The predicted octanol–water partition coefficient (Wildman–Crippen LogP) is 1.27. The van der Waals surface area contributed by atoms with Gasteiger partial charge in [-0.05, 0) is 12.5 Å². The molecule has 0 unspecified atom stereocenters. The first-order valence-corrected chi connectivity index (χ1v) is 6.49. The third-order valence-corrected chi connectivity index (χ3v) is 2.88. The molecule has 0 bridgehead atoms. The third-order valence-electron chi connectivity index (χ3n) is 2.88. The molecule has 0 aliphatic carbocycles. The van der Waals surface area contributed by atoms with Crippen molar-refractivity contribution in [3.8, 4) is 11.5 Å². The van der Waals surface area contributed by atoms with Gasteiger partial charge >= 0.3 is 0 Å². The normalized spacial score (nSPS) is 11.0. The minimum absolute atomic E-state index is 0.196. The smallest absolute Gasteiger partial charge is 0.258 e. The molecule has 3 heterocycles. The van der Waals surface area contributed by atoms with Crippen LogP contribution in [-0.2, 0) is 12.8 Å². The lowest BCUT2D eigenvalue weighted by molar-refractivity contribution is 0.387. The van der Waals surface area contributed by atoms with Crippen LogP contribution in [0.4, 0.5) is 0 Å². The summed E-state index contributed by atoms with van der Waals surface area (Å²) in [6, 6.07) is 3.24. The van der Waals surface area contributed by atoms with Crippen LogP contribution in [0.15, 0.2) is 26.0 Å². The molecular formula is C13H13N5O3. The van der Waals surface area contributed by atoms with E-state index in [1.807, 2.05) is 13.0 Å². The first-order chi connectivity index (χ1) is 10.1. The second kappa shape index (κ2) is 5.31. The van der Waals surface area contributed by atoms with Crippen LogP contribution >= 0.6 is 0 Å². The lowest BCUT2D eigenvalue weighted by Crippen LogP contribution is -2.07. The van der Waals surface area contributed by atoms with E-state index in [1.54, 1.807) is 6.92 Å². The quantitative estimate of drug-likeness (QED) is 0.769. The lowest BCUT2D eigenvalue weighted by atomic mass is 10.2. The van der Waals surface area contributed by atoms with Gasteiger partial charge < -0.3 is 14.0 Å². The van der Waals surface area contributed by atoms with Crippen molar-refractivity contribution < 1.29 is 9.05 Å². The van der Waals surface area contributed by atoms with E-state index >= 15 is 0 Å². The van der Waals surface area contributed by atoms with Gasteiger partial charge in [0.25, 0.3) is 5.89 Å². The van der Waals surface area contributed by atoms with Crippen molar-refractivity contribution in [3.63, 3.8) is 0 Å². The maximum absolute atomic E-state index is 11.6. The van der Waals surface area contributed by atoms with E-state index in [0.717, 1.165) is 5.69 Å². The van der Waals surface area contributed by atoms with Gasteiger partial charge in [-0.25, -0.2) is 0 Å². The molecule has 0 radical (unpaired) electrons. The Labute approximate surface area is 119 Å². The van der Waals surface area contributed by atoms with E-state index in [1.165, 1.54) is 6.07 Å². The Morgan fingerprint density at radius 3 is 2.62 bits per heavy atom. The molecular weight excluding hydrogens is 274 g/mol. The first-order valence-electron chi connectivity index (χ1n) is 6.49. The minimum atomic E-state index is -0.196. The van der Waals surface area contributed by atoms with Gasteiger partial charge in [0.1, 0.15) is 0 Å². The second-order valence-electron chi connectivity index (χ2n) is 4.53. The number of pyridine rings is 1. The van der Waals surface area contributed by atoms with E-state index in [9.17, 15) is 4.79 Å². The van der Waals surface area contributed by atoms with Crippen molar-refractivity contribution in [2.45, 2.75) is 26.7 Å². The highest BCUT2D eigenvalue weighted by atomic mass is 16.5. The van der Waals surface area contributed by atoms with E-state index in [2.05, 4.69) is 25.3 Å². The third kappa shape index (κ3) is 2.88. The van der Waals surface area contributed by atoms with Gasteiger partial charge in [-0.2, -0.15) is 9.97 Å². The Balaban J connectivity index is 1.87. The largest absolute Gasteiger partial charge is 0.340 e. The van der Waals surface area contributed by atoms with E-state index in [0.29, 0.717) is 41.8 Å². The van der Waals surface area contributed by atoms with Gasteiger partial charge in [-0.3, -0.25) is 4.79 Å². The number of aromatic nitrogens is 5. The summed E-state index contributed by atoms with van der Waals surface area (Å²) in [7, 11) is 0. The van der Waals surface area contributed by atoms with Crippen molar-refractivity contribution in [1.82, 2.24) is 25.3 Å². The number of H-pyrrole nitrogens is 1. The number of nitrogens with one attached hydrogen (secondary N) is 1. The molecule has 8 nitrogen and oxygen atoms in total. The lowest BCUT2D eigenvalue weighted by Gasteiger charge is -1.98. The molecule has 0 aliphatic heterocycles. The van der Waals surface area contributed by atoms with E-state index in [-0.39, 0.29) is 5.56 Å². The summed E-state index contributed by atoms with van der Waals surface area (Å²) in [6.07, 6.45) is 1.02. The molecule has 0 saturated carbocycles. The van der Waals surface area contributed by atoms with E-state index in [4.69, 9.17) is 9.05 Å². The summed E-state index contributed by atoms with van der Waals surface area (Å²) >= 11 is 0. The first kappa shape index (κ1) is 13.2. The van der Waals surface area contributed by atoms with Crippen LogP contribution in [0.25, 0.3) is 11.5 Å². The van der Waals surface area contributed by atoms with Crippen LogP contribution in [0, 0.1) is 6.92 Å². The molecule has 3 aromatic heterocycles. The van der Waals surface area contributed by atoms with E-state index < -0.39 is 0 Å². The molecule has 108 valence electrons. The fourth-order valence-electron chi connectivity index (χ4n) is 1.91. The summed E-state index contributed by atoms with van der Waals surface area (Å²) in [4.78, 5) is 22.6. The summed E-state index contributed by atoms with van der Waals surface area (Å²) < 4.78 is 10.1. The van der Waals surface area contributed by atoms with Crippen LogP contribution < -0.4 is 5.56 Å². The number of aromatic amines is 1. The highest BCUT2D eigenvalue weighted by Crippen LogP contribution is 2.17. The number of aryl methyl sites for hydroxylation is 2. The van der Waals surface area contributed by atoms with Crippen LogP contribution in [-0.4, -0.2) is 25.3 Å². The van der Waals surface area contributed by atoms with Gasteiger partial charge in [0.05, 0.1) is 6.42 Å². The molecule has 1 N–H and O–H groups in total. The highest BCUT2D eigenvalue weighted by molar-refractivity contribution is 5.52. The van der Waals surface area contributed by atoms with Gasteiger partial charge in [0.15, 0.2) is 11.6 Å². The molecule has 3 aromatic rings. The van der Waals surface area contributed by atoms with Crippen molar-refractivity contribution in [2.24, 2.45) is 0 Å². The molecule has 0 aliphatic rings. The van der Waals surface area contributed by atoms with Crippen molar-refractivity contribution in [1.29, 1.82) is 0 Å². The van der Waals surface area contributed by atoms with Crippen LogP contribution in [0.2, 0.25) is 0 Å². The Morgan fingerprint density at radius 2 is 1.90 bits per heavy atom. The van der Waals surface area contributed by atoms with Gasteiger partial charge in [0.2, 0.25) is 11.4 Å². The van der Waals surface area contributed by atoms with Crippen LogP contribution in [0.1, 0.15) is 30.2 Å². The fraction of sp³-hybridized carbons (Fsp3) is 0.308. The van der Waals surface area contributed by atoms with Gasteiger partial charge in [-0.1, -0.05) is 17.2 Å². The zero-order valence-electron chi connectivity index (χ0n) is 11.6. The molecule has 0 atom stereocenters. The standard InChI is InChI=1S/C13H13N5O3/c1-3-9-4-8(5-12(19)15-9)13-16-11(18-21-13)6-10-14-7(2)20-17-10/h4-5H,3,6H2,1-2H3,(H,15,19). The van der Waals surface area contributed by atoms with Crippen LogP contribution in [0.5, 0.6) is 0 Å². The van der Waals surface area contributed by atoms with Crippen molar-refractivity contribution in [3.05, 3.63) is 45.7 Å². The molecule has 0 spiro atoms. The number of rotatable bonds is 4. The Morgan fingerprint density at radius 1 is 1.14 bits per heavy atom. The summed E-state index contributed by atoms with van der Waals surface area (Å²) in [5.41, 5.74) is 1.21. The molecule has 8 heteroatoms. The number of hydrogen-bond donors (Lipinski definition) is 1. The SMILES string of the molecule is CCc1cc(-c2nc(Cc3noc(C)n3)no2)cc(=O)[nH]1. The molecule has 0 fully saturated rings. The highest BCUT2D eigenvalue weighted by Gasteiger charge is 2.13. The van der Waals surface area contributed by atoms with Crippen molar-refractivity contribution in [2.75, 3.05) is 0 Å². The predicted molar refractivity (Wildman–Crippen MR) is 71.6 cm³/mol. The topological polar surface area (TPSA) is 111 Å². The average molecular weight is 287 g/mol. The molecule has 0 saturated heterocycles. The summed E-state index contributed by atoms with van der Waals surface area (Å²) in [5.74, 6) is 1.70. The fourth-order valence-corrected chi connectivity index (χ4v) is 1.91. The molecule has 0 aromatic carbocycles.